The van der Waals surface area contributed by atoms with Gasteiger partial charge in [-0.05, 0) is 62.4 Å². The molecular weight excluding hydrogens is 222 g/mol. The van der Waals surface area contributed by atoms with Crippen LogP contribution in [-0.4, -0.2) is 33.0 Å². The first kappa shape index (κ1) is 11.0. The molecule has 0 bridgehead atoms. The molecule has 3 nitrogen and oxygen atoms in total. The van der Waals surface area contributed by atoms with E-state index in [0.717, 1.165) is 18.8 Å². The minimum absolute atomic E-state index is 0.447. The third kappa shape index (κ3) is 1.90. The zero-order chi connectivity index (χ0) is 11.2. The summed E-state index contributed by atoms with van der Waals surface area (Å²) in [6.07, 6.45) is 5.88. The first-order chi connectivity index (χ1) is 7.61. The Hall–Kier alpha value is -0.0900. The van der Waals surface area contributed by atoms with E-state index in [9.17, 15) is 8.42 Å². The van der Waals surface area contributed by atoms with E-state index >= 15 is 0 Å². The molecule has 0 radical (unpaired) electrons. The fourth-order valence-electron chi connectivity index (χ4n) is 3.86. The SMILES string of the molecule is O=S1(=O)CCC(C2CC23CCNCC3)CC1. The fraction of sp³-hybridized carbons (Fsp3) is 1.00. The van der Waals surface area contributed by atoms with Gasteiger partial charge in [-0.3, -0.25) is 0 Å². The predicted molar refractivity (Wildman–Crippen MR) is 64.0 cm³/mol. The molecule has 0 amide bonds. The number of piperidine rings is 1. The van der Waals surface area contributed by atoms with Gasteiger partial charge in [-0.25, -0.2) is 8.42 Å². The molecule has 3 fully saturated rings. The Labute approximate surface area is 97.9 Å². The van der Waals surface area contributed by atoms with Gasteiger partial charge in [0.15, 0.2) is 0 Å². The summed E-state index contributed by atoms with van der Waals surface area (Å²) in [6, 6.07) is 0. The Morgan fingerprint density at radius 3 is 2.31 bits per heavy atom. The lowest BCUT2D eigenvalue weighted by atomic mass is 9.85. The molecular formula is C12H21NO2S. The molecule has 1 saturated carbocycles. The Morgan fingerprint density at radius 2 is 1.69 bits per heavy atom. The van der Waals surface area contributed by atoms with Crippen LogP contribution in [0.25, 0.3) is 0 Å². The van der Waals surface area contributed by atoms with E-state index in [2.05, 4.69) is 5.32 Å². The normalized spacial score (nSPS) is 37.4. The smallest absolute Gasteiger partial charge is 0.150 e. The standard InChI is InChI=1S/C12H21NO2S/c14-16(15)7-1-10(2-8-16)11-9-12(11)3-5-13-6-4-12/h10-11,13H,1-9H2. The number of rotatable bonds is 1. The Balaban J connectivity index is 1.60. The van der Waals surface area contributed by atoms with Crippen molar-refractivity contribution in [2.75, 3.05) is 24.6 Å². The van der Waals surface area contributed by atoms with Crippen LogP contribution in [0.4, 0.5) is 0 Å². The zero-order valence-electron chi connectivity index (χ0n) is 9.74. The molecule has 1 unspecified atom stereocenters. The molecule has 3 rings (SSSR count). The van der Waals surface area contributed by atoms with Crippen molar-refractivity contribution in [3.63, 3.8) is 0 Å². The molecule has 1 atom stereocenters. The molecule has 16 heavy (non-hydrogen) atoms. The van der Waals surface area contributed by atoms with Gasteiger partial charge in [0, 0.05) is 0 Å². The van der Waals surface area contributed by atoms with Crippen LogP contribution in [0.2, 0.25) is 0 Å². The van der Waals surface area contributed by atoms with Gasteiger partial charge in [0.1, 0.15) is 9.84 Å². The fourth-order valence-corrected chi connectivity index (χ4v) is 5.38. The average molecular weight is 243 g/mol. The van der Waals surface area contributed by atoms with Crippen molar-refractivity contribution in [2.24, 2.45) is 17.3 Å². The quantitative estimate of drug-likeness (QED) is 0.753. The molecule has 4 heteroatoms. The van der Waals surface area contributed by atoms with Crippen molar-refractivity contribution < 1.29 is 8.42 Å². The summed E-state index contributed by atoms with van der Waals surface area (Å²) in [7, 11) is -2.68. The molecule has 2 saturated heterocycles. The van der Waals surface area contributed by atoms with E-state index in [-0.39, 0.29) is 0 Å². The van der Waals surface area contributed by atoms with Crippen molar-refractivity contribution in [2.45, 2.75) is 32.1 Å². The van der Waals surface area contributed by atoms with Gasteiger partial charge in [0.25, 0.3) is 0 Å². The first-order valence-corrected chi connectivity index (χ1v) is 8.35. The third-order valence-electron chi connectivity index (χ3n) is 5.02. The topological polar surface area (TPSA) is 46.2 Å². The molecule has 92 valence electrons. The highest BCUT2D eigenvalue weighted by Gasteiger charge is 2.56. The molecule has 2 heterocycles. The van der Waals surface area contributed by atoms with Crippen molar-refractivity contribution in [3.8, 4) is 0 Å². The predicted octanol–water partition coefficient (Wildman–Crippen LogP) is 1.20. The van der Waals surface area contributed by atoms with E-state index in [4.69, 9.17) is 0 Å². The second-order valence-electron chi connectivity index (χ2n) is 5.91. The Morgan fingerprint density at radius 1 is 1.06 bits per heavy atom. The van der Waals surface area contributed by atoms with Crippen molar-refractivity contribution >= 4 is 9.84 Å². The summed E-state index contributed by atoms with van der Waals surface area (Å²) in [5, 5.41) is 3.42. The van der Waals surface area contributed by atoms with E-state index in [1.165, 1.54) is 32.4 Å². The first-order valence-electron chi connectivity index (χ1n) is 6.53. The highest BCUT2D eigenvalue weighted by molar-refractivity contribution is 7.91. The minimum atomic E-state index is -2.68. The van der Waals surface area contributed by atoms with Gasteiger partial charge in [-0.15, -0.1) is 0 Å². The van der Waals surface area contributed by atoms with Gasteiger partial charge in [-0.2, -0.15) is 0 Å². The van der Waals surface area contributed by atoms with Crippen LogP contribution >= 0.6 is 0 Å². The minimum Gasteiger partial charge on any atom is -0.317 e. The lowest BCUT2D eigenvalue weighted by Gasteiger charge is -2.28. The number of sulfone groups is 1. The Kier molecular flexibility index (Phi) is 2.55. The van der Waals surface area contributed by atoms with Crippen LogP contribution in [0.15, 0.2) is 0 Å². The highest BCUT2D eigenvalue weighted by atomic mass is 32.2. The molecule has 3 aliphatic rings. The largest absolute Gasteiger partial charge is 0.317 e. The zero-order valence-corrected chi connectivity index (χ0v) is 10.6. The summed E-state index contributed by atoms with van der Waals surface area (Å²) < 4.78 is 22.8. The van der Waals surface area contributed by atoms with Crippen molar-refractivity contribution in [3.05, 3.63) is 0 Å². The van der Waals surface area contributed by atoms with Crippen LogP contribution in [-0.2, 0) is 9.84 Å². The molecule has 1 N–H and O–H groups in total. The maximum atomic E-state index is 11.4. The van der Waals surface area contributed by atoms with Gasteiger partial charge in [0.05, 0.1) is 11.5 Å². The van der Waals surface area contributed by atoms with Crippen molar-refractivity contribution in [1.29, 1.82) is 0 Å². The van der Waals surface area contributed by atoms with Gasteiger partial charge < -0.3 is 5.32 Å². The van der Waals surface area contributed by atoms with Crippen LogP contribution in [0, 0.1) is 17.3 Å². The van der Waals surface area contributed by atoms with E-state index < -0.39 is 9.84 Å². The maximum absolute atomic E-state index is 11.4. The maximum Gasteiger partial charge on any atom is 0.150 e. The number of nitrogens with one attached hydrogen (secondary N) is 1. The average Bonchev–Trinajstić information content (AvgIpc) is 2.93. The summed E-state index contributed by atoms with van der Waals surface area (Å²) in [5.41, 5.74) is 0.622. The summed E-state index contributed by atoms with van der Waals surface area (Å²) >= 11 is 0. The summed E-state index contributed by atoms with van der Waals surface area (Å²) in [6.45, 7) is 2.34. The summed E-state index contributed by atoms with van der Waals surface area (Å²) in [5.74, 6) is 2.46. The van der Waals surface area contributed by atoms with E-state index in [1.54, 1.807) is 0 Å². The highest BCUT2D eigenvalue weighted by Crippen LogP contribution is 2.63. The second-order valence-corrected chi connectivity index (χ2v) is 8.22. The Bertz CT molecular complexity index is 356. The van der Waals surface area contributed by atoms with Gasteiger partial charge in [-0.1, -0.05) is 0 Å². The molecule has 0 aromatic heterocycles. The molecule has 0 aromatic carbocycles. The van der Waals surface area contributed by atoms with Gasteiger partial charge in [0.2, 0.25) is 0 Å². The van der Waals surface area contributed by atoms with E-state index in [1.807, 2.05) is 0 Å². The van der Waals surface area contributed by atoms with E-state index in [0.29, 0.717) is 22.8 Å². The number of hydrogen-bond acceptors (Lipinski definition) is 3. The van der Waals surface area contributed by atoms with Crippen LogP contribution in [0.5, 0.6) is 0 Å². The second kappa shape index (κ2) is 3.70. The summed E-state index contributed by atoms with van der Waals surface area (Å²) in [4.78, 5) is 0. The number of hydrogen-bond donors (Lipinski definition) is 1. The monoisotopic (exact) mass is 243 g/mol. The molecule has 0 aromatic rings. The third-order valence-corrected chi connectivity index (χ3v) is 6.74. The molecule has 1 spiro atoms. The van der Waals surface area contributed by atoms with Crippen LogP contribution in [0.1, 0.15) is 32.1 Å². The van der Waals surface area contributed by atoms with Gasteiger partial charge >= 0.3 is 0 Å². The van der Waals surface area contributed by atoms with Crippen LogP contribution < -0.4 is 5.32 Å². The lowest BCUT2D eigenvalue weighted by molar-refractivity contribution is 0.271. The molecule has 2 aliphatic heterocycles. The lowest BCUT2D eigenvalue weighted by Crippen LogP contribution is -2.32. The van der Waals surface area contributed by atoms with Crippen LogP contribution in [0.3, 0.4) is 0 Å². The van der Waals surface area contributed by atoms with Crippen molar-refractivity contribution in [1.82, 2.24) is 5.32 Å². The molecule has 1 aliphatic carbocycles.